The van der Waals surface area contributed by atoms with Crippen molar-refractivity contribution in [2.45, 2.75) is 70.4 Å². The zero-order valence-corrected chi connectivity index (χ0v) is 21.0. The Morgan fingerprint density at radius 1 is 1.11 bits per heavy atom. The van der Waals surface area contributed by atoms with Crippen LogP contribution in [0, 0.1) is 0 Å². The van der Waals surface area contributed by atoms with E-state index in [0.717, 1.165) is 32.1 Å². The standard InChI is InChI=1S/C22H28F3N7O.2ClH/c1-3-13(2)32-12-27-18-19(28-15-8-10-17(11-9-15)33-22(23,24)25)30-21(31-20(18)32)29-16-6-4-14(26)5-7-16;;/h8-14,16H,3-7,26H2,1-2H3,(H2,28,29,30,31);2*1H/t13?,14-,16-;;. The predicted molar refractivity (Wildman–Crippen MR) is 135 cm³/mol. The van der Waals surface area contributed by atoms with Crippen LogP contribution in [-0.4, -0.2) is 38.0 Å². The van der Waals surface area contributed by atoms with Crippen molar-refractivity contribution in [2.24, 2.45) is 5.73 Å². The zero-order chi connectivity index (χ0) is 23.6. The summed E-state index contributed by atoms with van der Waals surface area (Å²) in [6.45, 7) is 4.18. The number of rotatable bonds is 7. The monoisotopic (exact) mass is 535 g/mol. The van der Waals surface area contributed by atoms with Gasteiger partial charge in [-0.3, -0.25) is 0 Å². The average molecular weight is 536 g/mol. The number of ether oxygens (including phenoxy) is 1. The van der Waals surface area contributed by atoms with E-state index < -0.39 is 6.36 Å². The maximum absolute atomic E-state index is 12.4. The summed E-state index contributed by atoms with van der Waals surface area (Å²) < 4.78 is 43.3. The first-order valence-corrected chi connectivity index (χ1v) is 11.1. The number of benzene rings is 1. The largest absolute Gasteiger partial charge is 0.573 e. The molecule has 2 aromatic heterocycles. The molecule has 0 saturated heterocycles. The molecule has 1 aliphatic carbocycles. The first-order chi connectivity index (χ1) is 15.7. The zero-order valence-electron chi connectivity index (χ0n) is 19.4. The third kappa shape index (κ3) is 7.25. The van der Waals surface area contributed by atoms with Gasteiger partial charge in [-0.15, -0.1) is 38.0 Å². The van der Waals surface area contributed by atoms with Crippen molar-refractivity contribution in [1.29, 1.82) is 0 Å². The second kappa shape index (κ2) is 12.0. The molecule has 1 atom stereocenters. The van der Waals surface area contributed by atoms with Crippen LogP contribution in [0.25, 0.3) is 11.2 Å². The van der Waals surface area contributed by atoms with Crippen LogP contribution >= 0.6 is 24.8 Å². The van der Waals surface area contributed by atoms with Gasteiger partial charge in [0, 0.05) is 23.8 Å². The molecule has 1 fully saturated rings. The topological polar surface area (TPSA) is 103 Å². The smallest absolute Gasteiger partial charge is 0.406 e. The molecule has 4 N–H and O–H groups in total. The lowest BCUT2D eigenvalue weighted by Gasteiger charge is -2.27. The Hall–Kier alpha value is -2.50. The van der Waals surface area contributed by atoms with Gasteiger partial charge in [0.25, 0.3) is 0 Å². The van der Waals surface area contributed by atoms with E-state index in [-0.39, 0.29) is 48.7 Å². The molecule has 0 aliphatic heterocycles. The molecule has 1 unspecified atom stereocenters. The van der Waals surface area contributed by atoms with Gasteiger partial charge in [0.1, 0.15) is 5.75 Å². The lowest BCUT2D eigenvalue weighted by molar-refractivity contribution is -0.274. The summed E-state index contributed by atoms with van der Waals surface area (Å²) in [6.07, 6.45) is 1.68. The Kier molecular flexibility index (Phi) is 9.82. The maximum atomic E-state index is 12.4. The number of hydrogen-bond donors (Lipinski definition) is 3. The third-order valence-corrected chi connectivity index (χ3v) is 5.94. The van der Waals surface area contributed by atoms with Crippen LogP contribution in [0.1, 0.15) is 52.0 Å². The number of fused-ring (bicyclic) bond motifs is 1. The lowest BCUT2D eigenvalue weighted by Crippen LogP contribution is -2.33. The summed E-state index contributed by atoms with van der Waals surface area (Å²) in [7, 11) is 0. The van der Waals surface area contributed by atoms with Crippen molar-refractivity contribution in [3.63, 3.8) is 0 Å². The highest BCUT2D eigenvalue weighted by atomic mass is 35.5. The van der Waals surface area contributed by atoms with Gasteiger partial charge in [-0.2, -0.15) is 9.97 Å². The molecule has 0 bridgehead atoms. The van der Waals surface area contributed by atoms with Crippen molar-refractivity contribution in [3.8, 4) is 5.75 Å². The van der Waals surface area contributed by atoms with Gasteiger partial charge in [0.15, 0.2) is 17.0 Å². The Bertz CT molecular complexity index is 1090. The van der Waals surface area contributed by atoms with E-state index in [9.17, 15) is 13.2 Å². The van der Waals surface area contributed by atoms with Gasteiger partial charge in [-0.25, -0.2) is 4.98 Å². The molecule has 8 nitrogen and oxygen atoms in total. The molecule has 0 radical (unpaired) electrons. The number of alkyl halides is 3. The Labute approximate surface area is 214 Å². The number of nitrogens with two attached hydrogens (primary N) is 1. The van der Waals surface area contributed by atoms with Gasteiger partial charge >= 0.3 is 6.36 Å². The van der Waals surface area contributed by atoms with Gasteiger partial charge in [0.2, 0.25) is 5.95 Å². The van der Waals surface area contributed by atoms with Crippen molar-refractivity contribution >= 4 is 53.4 Å². The molecule has 0 amide bonds. The quantitative estimate of drug-likeness (QED) is 0.342. The predicted octanol–water partition coefficient (Wildman–Crippen LogP) is 5.96. The van der Waals surface area contributed by atoms with Crippen LogP contribution in [0.5, 0.6) is 5.75 Å². The number of hydrogen-bond acceptors (Lipinski definition) is 7. The molecule has 0 spiro atoms. The van der Waals surface area contributed by atoms with Crippen LogP contribution in [0.4, 0.5) is 30.6 Å². The van der Waals surface area contributed by atoms with E-state index in [1.165, 1.54) is 24.3 Å². The highest BCUT2D eigenvalue weighted by molar-refractivity contribution is 5.87. The molecular weight excluding hydrogens is 506 g/mol. The highest BCUT2D eigenvalue weighted by Gasteiger charge is 2.31. The molecule has 3 aromatic rings. The Balaban J connectivity index is 0.00000216. The number of aromatic nitrogens is 4. The Morgan fingerprint density at radius 2 is 1.77 bits per heavy atom. The fourth-order valence-electron chi connectivity index (χ4n) is 3.91. The summed E-state index contributed by atoms with van der Waals surface area (Å²) in [5, 5.41) is 6.59. The fraction of sp³-hybridized carbons (Fsp3) is 0.500. The SMILES string of the molecule is CCC(C)n1cnc2c(Nc3ccc(OC(F)(F)F)cc3)nc(N[C@H]3CC[C@H](N)CC3)nc21.Cl.Cl. The lowest BCUT2D eigenvalue weighted by atomic mass is 9.92. The van der Waals surface area contributed by atoms with E-state index in [2.05, 4.69) is 39.2 Å². The van der Waals surface area contributed by atoms with Crippen molar-refractivity contribution < 1.29 is 17.9 Å². The van der Waals surface area contributed by atoms with Crippen LogP contribution in [0.15, 0.2) is 30.6 Å². The average Bonchev–Trinajstić information content (AvgIpc) is 3.19. The van der Waals surface area contributed by atoms with Crippen LogP contribution in [0.3, 0.4) is 0 Å². The van der Waals surface area contributed by atoms with Crippen LogP contribution in [0.2, 0.25) is 0 Å². The second-order valence-electron chi connectivity index (χ2n) is 8.43. The molecule has 2 heterocycles. The number of anilines is 3. The van der Waals surface area contributed by atoms with E-state index in [0.29, 0.717) is 28.6 Å². The number of nitrogens with one attached hydrogen (secondary N) is 2. The highest BCUT2D eigenvalue weighted by Crippen LogP contribution is 2.30. The first kappa shape index (κ1) is 28.7. The molecular formula is C22H30Cl2F3N7O. The summed E-state index contributed by atoms with van der Waals surface area (Å²) in [5.41, 5.74) is 7.85. The molecule has 1 saturated carbocycles. The summed E-state index contributed by atoms with van der Waals surface area (Å²) in [6, 6.07) is 6.14. The second-order valence-corrected chi connectivity index (χ2v) is 8.43. The number of halogens is 5. The molecule has 13 heteroatoms. The Morgan fingerprint density at radius 3 is 2.37 bits per heavy atom. The van der Waals surface area contributed by atoms with Gasteiger partial charge in [-0.05, 0) is 63.3 Å². The van der Waals surface area contributed by atoms with E-state index >= 15 is 0 Å². The van der Waals surface area contributed by atoms with Gasteiger partial charge < -0.3 is 25.7 Å². The minimum Gasteiger partial charge on any atom is -0.406 e. The molecule has 194 valence electrons. The van der Waals surface area contributed by atoms with Crippen LogP contribution < -0.4 is 21.1 Å². The minimum absolute atomic E-state index is 0. The normalized spacial score (nSPS) is 18.8. The summed E-state index contributed by atoms with van der Waals surface area (Å²) in [4.78, 5) is 13.9. The molecule has 1 aliphatic rings. The summed E-state index contributed by atoms with van der Waals surface area (Å²) in [5.74, 6) is 0.661. The maximum Gasteiger partial charge on any atom is 0.573 e. The first-order valence-electron chi connectivity index (χ1n) is 11.1. The van der Waals surface area contributed by atoms with Crippen molar-refractivity contribution in [3.05, 3.63) is 30.6 Å². The fourth-order valence-corrected chi connectivity index (χ4v) is 3.91. The van der Waals surface area contributed by atoms with E-state index in [1.807, 2.05) is 4.57 Å². The van der Waals surface area contributed by atoms with Crippen molar-refractivity contribution in [1.82, 2.24) is 19.5 Å². The van der Waals surface area contributed by atoms with Gasteiger partial charge in [-0.1, -0.05) is 6.92 Å². The number of nitrogens with zero attached hydrogens (tertiary/aromatic N) is 4. The van der Waals surface area contributed by atoms with E-state index in [1.54, 1.807) is 6.33 Å². The molecule has 1 aromatic carbocycles. The van der Waals surface area contributed by atoms with E-state index in [4.69, 9.17) is 10.7 Å². The summed E-state index contributed by atoms with van der Waals surface area (Å²) >= 11 is 0. The van der Waals surface area contributed by atoms with Crippen LogP contribution in [-0.2, 0) is 0 Å². The third-order valence-electron chi connectivity index (χ3n) is 5.94. The molecule has 4 rings (SSSR count). The van der Waals surface area contributed by atoms with Crippen molar-refractivity contribution in [2.75, 3.05) is 10.6 Å². The number of imidazole rings is 1. The van der Waals surface area contributed by atoms with Gasteiger partial charge in [0.05, 0.1) is 6.33 Å². The minimum atomic E-state index is -4.74. The molecule has 35 heavy (non-hydrogen) atoms.